The van der Waals surface area contributed by atoms with Gasteiger partial charge in [-0.3, -0.25) is 9.59 Å². The van der Waals surface area contributed by atoms with E-state index in [-0.39, 0.29) is 51.0 Å². The first-order valence-electron chi connectivity index (χ1n) is 21.6. The Morgan fingerprint density at radius 3 is 2.05 bits per heavy atom. The van der Waals surface area contributed by atoms with Crippen LogP contribution in [-0.2, 0) is 9.59 Å². The zero-order chi connectivity index (χ0) is 41.4. The Hall–Kier alpha value is -5.84. The Kier molecular flexibility index (Phi) is 8.08. The van der Waals surface area contributed by atoms with Gasteiger partial charge in [-0.25, -0.2) is 9.98 Å². The third-order valence-electron chi connectivity index (χ3n) is 14.0. The van der Waals surface area contributed by atoms with Gasteiger partial charge in [0.15, 0.2) is 11.6 Å². The predicted octanol–water partition coefficient (Wildman–Crippen LogP) is 2.55. The normalized spacial score (nSPS) is 23.2. The highest BCUT2D eigenvalue weighted by Gasteiger charge is 2.44. The molecule has 7 aliphatic rings. The first-order chi connectivity index (χ1) is 29.7. The van der Waals surface area contributed by atoms with Gasteiger partial charge in [-0.2, -0.15) is 0 Å². The van der Waals surface area contributed by atoms with Crippen molar-refractivity contribution in [3.05, 3.63) is 133 Å². The lowest BCUT2D eigenvalue weighted by Crippen LogP contribution is -2.96. The predicted molar refractivity (Wildman–Crippen MR) is 235 cm³/mol. The maximum absolute atomic E-state index is 14.7. The fraction of sp³-hybridized carbons (Fsp3) is 0.280. The number of anilines is 3. The molecule has 0 aromatic heterocycles. The van der Waals surface area contributed by atoms with Crippen LogP contribution in [0.4, 0.5) is 17.1 Å². The molecule has 0 radical (unpaired) electrons. The minimum Gasteiger partial charge on any atom is -0.871 e. The third-order valence-corrected chi connectivity index (χ3v) is 15.4. The number of thioether (sulfide) groups is 1. The van der Waals surface area contributed by atoms with Crippen LogP contribution in [0.2, 0.25) is 5.02 Å². The average Bonchev–Trinajstić information content (AvgIpc) is 3.62. The van der Waals surface area contributed by atoms with E-state index in [1.54, 1.807) is 6.08 Å². The monoisotopic (exact) mass is 843 g/mol. The number of rotatable bonds is 3. The number of hydrogen-bond donors (Lipinski definition) is 4. The first-order valence-corrected chi connectivity index (χ1v) is 22.8. The van der Waals surface area contributed by atoms with Crippen molar-refractivity contribution in [2.24, 2.45) is 0 Å². The number of nitrogens with zero attached hydrogens (tertiary/aromatic N) is 1. The number of allylic oxidation sites excluding steroid dienone is 5. The molecular formula is C50H42ClN5O4S. The van der Waals surface area contributed by atoms with Crippen LogP contribution in [0.3, 0.4) is 0 Å². The van der Waals surface area contributed by atoms with Gasteiger partial charge in [0.2, 0.25) is 22.0 Å². The number of carbonyl (C=O) groups excluding carboxylic acids is 2. The standard InChI is InChI=1S/C50H42ClN5O4S/c1-2-56-34-24-28(51)15-19-35(34)61-36(56)25-32-45(57)39(46(32)58)29-17-13-27-14-18-31(44-38(27)43(29)54-50(55-44)22-7-4-8-23-50)41-47(59)40(48(41)60)30-16-12-26-10-9-11-33-37(26)42(30)53-49(52-33)20-5-3-6-21-49/h9-19,24-25,52,55,57,59H,2-8,20-23H2,1H3/b36-25-,39-29-,40-30-. The maximum atomic E-state index is 14.7. The average molecular weight is 844 g/mol. The van der Waals surface area contributed by atoms with Crippen LogP contribution in [-0.4, -0.2) is 29.4 Å². The SMILES string of the molecule is CCN1/C(=C/C2=C([O-])C(=c3\ccc4ccc(C5=C([O-])/C(=c6\ccc7cccc8c7c6=[NH+]C6(CCCCC6)N8)C5=O)c5c4c3=[NH+]C3(CCCCC3)N5)/C2=O)Sc2ccc(Cl)cc21. The number of carbonyl (C=O) groups is 2. The van der Waals surface area contributed by atoms with E-state index in [2.05, 4.69) is 43.7 Å². The molecule has 2 fully saturated rings. The largest absolute Gasteiger partial charge is 0.871 e. The van der Waals surface area contributed by atoms with Crippen molar-refractivity contribution in [1.29, 1.82) is 0 Å². The van der Waals surface area contributed by atoms with Crippen LogP contribution in [0.25, 0.3) is 38.3 Å². The van der Waals surface area contributed by atoms with E-state index in [9.17, 15) is 19.8 Å². The van der Waals surface area contributed by atoms with E-state index < -0.39 is 5.66 Å². The molecular weight excluding hydrogens is 802 g/mol. The molecule has 12 rings (SSSR count). The summed E-state index contributed by atoms with van der Waals surface area (Å²) in [7, 11) is 0. The first kappa shape index (κ1) is 37.0. The number of hydrogen-bond acceptors (Lipinski definition) is 8. The number of benzene rings is 5. The van der Waals surface area contributed by atoms with E-state index in [0.717, 1.165) is 106 Å². The molecule has 2 spiro atoms. The Morgan fingerprint density at radius 1 is 0.738 bits per heavy atom. The molecule has 304 valence electrons. The van der Waals surface area contributed by atoms with Crippen LogP contribution in [0.5, 0.6) is 0 Å². The lowest BCUT2D eigenvalue weighted by molar-refractivity contribution is -0.588. The lowest BCUT2D eigenvalue weighted by atomic mass is 9.79. The summed E-state index contributed by atoms with van der Waals surface area (Å²) < 4.78 is 0. The number of fused-ring (bicyclic) bond motifs is 1. The van der Waals surface area contributed by atoms with Gasteiger partial charge in [0, 0.05) is 70.0 Å². The van der Waals surface area contributed by atoms with Crippen LogP contribution < -0.4 is 56.9 Å². The summed E-state index contributed by atoms with van der Waals surface area (Å²) in [4.78, 5) is 39.5. The zero-order valence-electron chi connectivity index (χ0n) is 33.7. The fourth-order valence-corrected chi connectivity index (χ4v) is 12.4. The van der Waals surface area contributed by atoms with Crippen molar-refractivity contribution in [1.82, 2.24) is 0 Å². The van der Waals surface area contributed by atoms with Gasteiger partial charge >= 0.3 is 0 Å². The maximum Gasteiger partial charge on any atom is 0.234 e. The molecule has 4 aliphatic carbocycles. The molecule has 5 aromatic rings. The Balaban J connectivity index is 1.04. The van der Waals surface area contributed by atoms with Gasteiger partial charge < -0.3 is 25.7 Å². The van der Waals surface area contributed by atoms with Gasteiger partial charge in [-0.1, -0.05) is 84.1 Å². The second kappa shape index (κ2) is 13.3. The topological polar surface area (TPSA) is 136 Å². The van der Waals surface area contributed by atoms with Gasteiger partial charge in [-0.15, -0.1) is 0 Å². The Labute approximate surface area is 360 Å². The Bertz CT molecular complexity index is 3270. The summed E-state index contributed by atoms with van der Waals surface area (Å²) >= 11 is 7.85. The molecule has 0 amide bonds. The molecule has 0 saturated heterocycles. The summed E-state index contributed by atoms with van der Waals surface area (Å²) in [6, 6.07) is 23.5. The molecule has 3 aliphatic heterocycles. The van der Waals surface area contributed by atoms with Crippen LogP contribution >= 0.6 is 23.4 Å². The molecule has 2 saturated carbocycles. The molecule has 0 unspecified atom stereocenters. The van der Waals surface area contributed by atoms with Crippen LogP contribution in [0.1, 0.15) is 76.7 Å². The third kappa shape index (κ3) is 5.34. The van der Waals surface area contributed by atoms with E-state index in [0.29, 0.717) is 38.6 Å². The van der Waals surface area contributed by atoms with Crippen molar-refractivity contribution in [2.45, 2.75) is 87.4 Å². The van der Waals surface area contributed by atoms with Crippen molar-refractivity contribution in [2.75, 3.05) is 22.1 Å². The van der Waals surface area contributed by atoms with Gasteiger partial charge in [0.1, 0.15) is 0 Å². The van der Waals surface area contributed by atoms with E-state index in [1.165, 1.54) is 18.2 Å². The van der Waals surface area contributed by atoms with Crippen molar-refractivity contribution < 1.29 is 29.8 Å². The minimum atomic E-state index is -0.586. The summed E-state index contributed by atoms with van der Waals surface area (Å²) in [5.74, 6) is -1.14. The summed E-state index contributed by atoms with van der Waals surface area (Å²) in [6.45, 7) is 2.68. The van der Waals surface area contributed by atoms with E-state index >= 15 is 0 Å². The summed E-state index contributed by atoms with van der Waals surface area (Å²) in [5, 5.41) is 44.3. The molecule has 4 N–H and O–H groups in total. The fourth-order valence-electron chi connectivity index (χ4n) is 11.1. The number of nitrogens with one attached hydrogen (secondary N) is 4. The molecule has 5 aromatic carbocycles. The van der Waals surface area contributed by atoms with Crippen molar-refractivity contribution >= 4 is 90.3 Å². The summed E-state index contributed by atoms with van der Waals surface area (Å²) in [5.41, 5.74) is 2.98. The lowest BCUT2D eigenvalue weighted by Gasteiger charge is -2.37. The van der Waals surface area contributed by atoms with E-state index in [1.807, 2.05) is 61.5 Å². The highest BCUT2D eigenvalue weighted by Crippen LogP contribution is 2.48. The molecule has 61 heavy (non-hydrogen) atoms. The van der Waals surface area contributed by atoms with Crippen molar-refractivity contribution in [3.8, 4) is 0 Å². The van der Waals surface area contributed by atoms with Crippen LogP contribution in [0.15, 0.2) is 106 Å². The Morgan fingerprint density at radius 2 is 1.38 bits per heavy atom. The molecule has 11 heteroatoms. The molecule has 0 atom stereocenters. The minimum absolute atomic E-state index is 0.147. The molecule has 9 nitrogen and oxygen atoms in total. The smallest absolute Gasteiger partial charge is 0.234 e. The van der Waals surface area contributed by atoms with Crippen LogP contribution in [0, 0.1) is 0 Å². The molecule has 3 heterocycles. The van der Waals surface area contributed by atoms with Gasteiger partial charge in [-0.05, 0) is 85.9 Å². The summed E-state index contributed by atoms with van der Waals surface area (Å²) in [6.07, 6.45) is 11.6. The second-order valence-electron chi connectivity index (χ2n) is 17.5. The highest BCUT2D eigenvalue weighted by molar-refractivity contribution is 8.03. The quantitative estimate of drug-likeness (QED) is 0.218. The van der Waals surface area contributed by atoms with Gasteiger partial charge in [0.25, 0.3) is 0 Å². The number of halogens is 1. The zero-order valence-corrected chi connectivity index (χ0v) is 35.2. The molecule has 0 bridgehead atoms. The highest BCUT2D eigenvalue weighted by atomic mass is 35.5. The van der Waals surface area contributed by atoms with Crippen molar-refractivity contribution in [3.63, 3.8) is 0 Å². The van der Waals surface area contributed by atoms with E-state index in [4.69, 9.17) is 11.6 Å². The van der Waals surface area contributed by atoms with Gasteiger partial charge in [0.05, 0.1) is 43.3 Å². The number of Topliss-reactive ketones (excluding diaryl/α,β-unsaturated/α-hetero) is 2. The number of ketones is 2. The second-order valence-corrected chi connectivity index (χ2v) is 19.0.